The number of fused-ring (bicyclic) bond motifs is 1. The van der Waals surface area contributed by atoms with Gasteiger partial charge in [-0.15, -0.1) is 5.10 Å². The average Bonchev–Trinajstić information content (AvgIpc) is 2.96. The van der Waals surface area contributed by atoms with Gasteiger partial charge in [0.25, 0.3) is 0 Å². The molecule has 0 aliphatic heterocycles. The second-order valence-electron chi connectivity index (χ2n) is 3.94. The van der Waals surface area contributed by atoms with Crippen molar-refractivity contribution in [3.05, 3.63) is 42.2 Å². The van der Waals surface area contributed by atoms with Crippen LogP contribution in [0.4, 0.5) is 0 Å². The van der Waals surface area contributed by atoms with Gasteiger partial charge in [0.15, 0.2) is 0 Å². The highest BCUT2D eigenvalue weighted by atomic mass is 16.3. The van der Waals surface area contributed by atoms with E-state index in [9.17, 15) is 0 Å². The van der Waals surface area contributed by atoms with Gasteiger partial charge < -0.3 is 5.11 Å². The summed E-state index contributed by atoms with van der Waals surface area (Å²) < 4.78 is 3.56. The zero-order chi connectivity index (χ0) is 12.4. The first-order chi connectivity index (χ1) is 8.85. The van der Waals surface area contributed by atoms with Crippen molar-refractivity contribution in [2.75, 3.05) is 6.61 Å². The smallest absolute Gasteiger partial charge is 0.233 e. The summed E-state index contributed by atoms with van der Waals surface area (Å²) in [6.45, 7) is 0.624. The molecule has 3 heterocycles. The average molecular weight is 244 g/mol. The van der Waals surface area contributed by atoms with Gasteiger partial charge in [-0.1, -0.05) is 5.21 Å². The van der Waals surface area contributed by atoms with Crippen molar-refractivity contribution in [2.24, 2.45) is 0 Å². The second-order valence-corrected chi connectivity index (χ2v) is 3.94. The summed E-state index contributed by atoms with van der Waals surface area (Å²) in [7, 11) is 0. The summed E-state index contributed by atoms with van der Waals surface area (Å²) in [6, 6.07) is 1.85. The van der Waals surface area contributed by atoms with Crippen LogP contribution in [0.25, 0.3) is 5.78 Å². The van der Waals surface area contributed by atoms with Gasteiger partial charge in [-0.3, -0.25) is 4.40 Å². The van der Waals surface area contributed by atoms with Crippen molar-refractivity contribution in [2.45, 2.75) is 13.0 Å². The van der Waals surface area contributed by atoms with Gasteiger partial charge in [0, 0.05) is 37.8 Å². The monoisotopic (exact) mass is 244 g/mol. The van der Waals surface area contributed by atoms with Gasteiger partial charge in [0.1, 0.15) is 0 Å². The number of nitrogens with zero attached hydrogens (tertiary/aromatic N) is 6. The third kappa shape index (κ3) is 2.07. The normalized spacial score (nSPS) is 11.2. The molecule has 0 saturated heterocycles. The minimum atomic E-state index is 0.0803. The van der Waals surface area contributed by atoms with E-state index in [-0.39, 0.29) is 6.61 Å². The molecule has 7 heteroatoms. The first-order valence-electron chi connectivity index (χ1n) is 5.63. The molecule has 3 rings (SSSR count). The Morgan fingerprint density at radius 1 is 1.22 bits per heavy atom. The molecular weight excluding hydrogens is 232 g/mol. The van der Waals surface area contributed by atoms with Crippen LogP contribution >= 0.6 is 0 Å². The number of rotatable bonds is 4. The lowest BCUT2D eigenvalue weighted by Gasteiger charge is -1.94. The molecule has 0 spiro atoms. The fourth-order valence-corrected chi connectivity index (χ4v) is 1.77. The number of hydrogen-bond acceptors (Lipinski definition) is 5. The predicted molar refractivity (Wildman–Crippen MR) is 62.9 cm³/mol. The van der Waals surface area contributed by atoms with E-state index in [1.54, 1.807) is 10.9 Å². The van der Waals surface area contributed by atoms with Crippen LogP contribution in [0.3, 0.4) is 0 Å². The molecule has 0 radical (unpaired) electrons. The zero-order valence-corrected chi connectivity index (χ0v) is 9.64. The maximum Gasteiger partial charge on any atom is 0.233 e. The molecule has 0 aromatic carbocycles. The van der Waals surface area contributed by atoms with Crippen LogP contribution in [0.5, 0.6) is 0 Å². The molecule has 0 atom stereocenters. The molecule has 1 N–H and O–H groups in total. The highest BCUT2D eigenvalue weighted by molar-refractivity contribution is 5.29. The van der Waals surface area contributed by atoms with E-state index in [0.29, 0.717) is 18.7 Å². The van der Waals surface area contributed by atoms with E-state index >= 15 is 0 Å². The van der Waals surface area contributed by atoms with Gasteiger partial charge in [0.05, 0.1) is 17.9 Å². The molecule has 0 amide bonds. The van der Waals surface area contributed by atoms with Crippen LogP contribution < -0.4 is 0 Å². The quantitative estimate of drug-likeness (QED) is 0.693. The number of hydrogen-bond donors (Lipinski definition) is 1. The molecule has 3 aromatic heterocycles. The summed E-state index contributed by atoms with van der Waals surface area (Å²) in [4.78, 5) is 8.53. The number of aliphatic hydroxyl groups excluding tert-OH is 1. The highest BCUT2D eigenvalue weighted by Crippen LogP contribution is 2.04. The second kappa shape index (κ2) is 4.53. The highest BCUT2D eigenvalue weighted by Gasteiger charge is 2.05. The van der Waals surface area contributed by atoms with E-state index in [0.717, 1.165) is 11.4 Å². The lowest BCUT2D eigenvalue weighted by Crippen LogP contribution is -2.00. The standard InChI is InChI=1S/C11H12N6O/c18-5-2-9-7-17(15-14-9)8-10-6-16-4-1-3-12-11(16)13-10/h1,3-4,6-7,18H,2,5,8H2. The molecule has 18 heavy (non-hydrogen) atoms. The van der Waals surface area contributed by atoms with Gasteiger partial charge in [-0.25, -0.2) is 14.6 Å². The van der Waals surface area contributed by atoms with Crippen LogP contribution in [0.2, 0.25) is 0 Å². The van der Waals surface area contributed by atoms with Crippen molar-refractivity contribution in [1.82, 2.24) is 29.4 Å². The first kappa shape index (κ1) is 10.8. The van der Waals surface area contributed by atoms with Crippen molar-refractivity contribution >= 4 is 5.78 Å². The lowest BCUT2D eigenvalue weighted by atomic mass is 10.3. The molecule has 7 nitrogen and oxygen atoms in total. The molecule has 0 aliphatic carbocycles. The molecule has 92 valence electrons. The Kier molecular flexibility index (Phi) is 2.73. The minimum absolute atomic E-state index is 0.0803. The summed E-state index contributed by atoms with van der Waals surface area (Å²) in [5.74, 6) is 0.670. The topological polar surface area (TPSA) is 81.1 Å². The number of aromatic nitrogens is 6. The summed E-state index contributed by atoms with van der Waals surface area (Å²) in [6.07, 6.45) is 7.86. The Hall–Kier alpha value is -2.28. The van der Waals surface area contributed by atoms with Crippen LogP contribution in [0.1, 0.15) is 11.4 Å². The Balaban J connectivity index is 1.82. The Bertz CT molecular complexity index is 625. The lowest BCUT2D eigenvalue weighted by molar-refractivity contribution is 0.298. The fraction of sp³-hybridized carbons (Fsp3) is 0.273. The Labute approximate surface area is 103 Å². The molecule has 0 bridgehead atoms. The van der Waals surface area contributed by atoms with Gasteiger partial charge in [0.2, 0.25) is 5.78 Å². The minimum Gasteiger partial charge on any atom is -0.396 e. The SMILES string of the molecule is OCCc1cn(Cc2cn3cccnc3n2)nn1. The molecular formula is C11H12N6O. The van der Waals surface area contributed by atoms with Crippen molar-refractivity contribution in [3.8, 4) is 0 Å². The maximum absolute atomic E-state index is 8.81. The van der Waals surface area contributed by atoms with Gasteiger partial charge >= 0.3 is 0 Å². The Morgan fingerprint density at radius 2 is 2.17 bits per heavy atom. The zero-order valence-electron chi connectivity index (χ0n) is 9.64. The fourth-order valence-electron chi connectivity index (χ4n) is 1.77. The molecule has 0 aliphatic rings. The van der Waals surface area contributed by atoms with Crippen molar-refractivity contribution in [1.29, 1.82) is 0 Å². The van der Waals surface area contributed by atoms with E-state index in [1.807, 2.05) is 29.1 Å². The predicted octanol–water partition coefficient (Wildman–Crippen LogP) is -0.0961. The third-order valence-electron chi connectivity index (χ3n) is 2.56. The maximum atomic E-state index is 8.81. The summed E-state index contributed by atoms with van der Waals surface area (Å²) in [5, 5.41) is 16.8. The van der Waals surface area contributed by atoms with E-state index in [4.69, 9.17) is 5.11 Å². The van der Waals surface area contributed by atoms with Crippen molar-refractivity contribution < 1.29 is 5.11 Å². The van der Waals surface area contributed by atoms with E-state index in [1.165, 1.54) is 0 Å². The van der Waals surface area contributed by atoms with Crippen LogP contribution in [0, 0.1) is 0 Å². The summed E-state index contributed by atoms with van der Waals surface area (Å²) in [5.41, 5.74) is 1.65. The first-order valence-corrected chi connectivity index (χ1v) is 5.63. The molecule has 0 unspecified atom stereocenters. The summed E-state index contributed by atoms with van der Waals surface area (Å²) >= 11 is 0. The molecule has 0 fully saturated rings. The number of imidazole rings is 1. The number of aliphatic hydroxyl groups is 1. The van der Waals surface area contributed by atoms with Crippen LogP contribution in [-0.4, -0.2) is 41.1 Å². The van der Waals surface area contributed by atoms with Crippen LogP contribution in [-0.2, 0) is 13.0 Å². The largest absolute Gasteiger partial charge is 0.396 e. The van der Waals surface area contributed by atoms with E-state index in [2.05, 4.69) is 20.3 Å². The van der Waals surface area contributed by atoms with Gasteiger partial charge in [-0.2, -0.15) is 0 Å². The van der Waals surface area contributed by atoms with Crippen LogP contribution in [0.15, 0.2) is 30.9 Å². The molecule has 3 aromatic rings. The van der Waals surface area contributed by atoms with E-state index < -0.39 is 0 Å². The Morgan fingerprint density at radius 3 is 3.00 bits per heavy atom. The third-order valence-corrected chi connectivity index (χ3v) is 2.56. The molecule has 0 saturated carbocycles. The van der Waals surface area contributed by atoms with Gasteiger partial charge in [-0.05, 0) is 6.07 Å². The van der Waals surface area contributed by atoms with Crippen molar-refractivity contribution in [3.63, 3.8) is 0 Å².